The summed E-state index contributed by atoms with van der Waals surface area (Å²) in [4.78, 5) is 32.7. The summed E-state index contributed by atoms with van der Waals surface area (Å²) < 4.78 is 5.39. The molecule has 8 heteroatoms. The van der Waals surface area contributed by atoms with Crippen molar-refractivity contribution < 1.29 is 24.3 Å². The number of amides is 1. The standard InChI is InChI=1S/C23H24ClN3O4/c24-18-4-2-16(3-5-18)20-19(21(28)17-6-8-25-9-7-17)22(29)23(30)27(20)11-1-10-26-12-14-31-15-13-26/h2-9,20,28H,1,10-15H2. The fourth-order valence-corrected chi connectivity index (χ4v) is 4.29. The second-order valence-electron chi connectivity index (χ2n) is 7.73. The third-order valence-electron chi connectivity index (χ3n) is 5.79. The molecule has 1 atom stereocenters. The average molecular weight is 442 g/mol. The van der Waals surface area contributed by atoms with Crippen LogP contribution in [-0.2, 0) is 14.3 Å². The Bertz CT molecular complexity index is 972. The van der Waals surface area contributed by atoms with E-state index in [1.54, 1.807) is 36.4 Å². The highest BCUT2D eigenvalue weighted by molar-refractivity contribution is 6.46. The van der Waals surface area contributed by atoms with Gasteiger partial charge in [0.1, 0.15) is 13.1 Å². The second kappa shape index (κ2) is 9.60. The van der Waals surface area contributed by atoms with Gasteiger partial charge in [-0.1, -0.05) is 29.5 Å². The van der Waals surface area contributed by atoms with Crippen LogP contribution in [0, 0.1) is 0 Å². The van der Waals surface area contributed by atoms with E-state index >= 15 is 0 Å². The highest BCUT2D eigenvalue weighted by atomic mass is 35.5. The number of nitrogens with one attached hydrogen (secondary N) is 1. The molecule has 1 amide bonds. The maximum atomic E-state index is 13.2. The number of carbonyl (C=O) groups excluding carboxylic acids is 2. The number of morpholine rings is 1. The molecular formula is C23H24ClN3O4. The first-order chi connectivity index (χ1) is 15.1. The Morgan fingerprint density at radius 2 is 1.81 bits per heavy atom. The summed E-state index contributed by atoms with van der Waals surface area (Å²) in [6.45, 7) is 4.62. The van der Waals surface area contributed by atoms with E-state index in [1.807, 2.05) is 0 Å². The highest BCUT2D eigenvalue weighted by Gasteiger charge is 2.44. The first kappa shape index (κ1) is 21.5. The molecule has 0 radical (unpaired) electrons. The summed E-state index contributed by atoms with van der Waals surface area (Å²) in [5.74, 6) is -1.81. The lowest BCUT2D eigenvalue weighted by Gasteiger charge is -2.29. The lowest BCUT2D eigenvalue weighted by atomic mass is 9.95. The number of halogens is 1. The number of hydrogen-bond donors (Lipinski definition) is 1. The van der Waals surface area contributed by atoms with E-state index in [1.165, 1.54) is 22.2 Å². The molecule has 1 unspecified atom stereocenters. The third kappa shape index (κ3) is 4.63. The number of ether oxygens (including phenoxy) is 1. The van der Waals surface area contributed by atoms with Crippen LogP contribution in [0.4, 0.5) is 0 Å². The number of carbonyl (C=O) groups is 2. The minimum absolute atomic E-state index is 0.0164. The number of benzene rings is 1. The molecule has 2 aliphatic heterocycles. The van der Waals surface area contributed by atoms with Gasteiger partial charge < -0.3 is 19.6 Å². The molecule has 1 N–H and O–H groups in total. The van der Waals surface area contributed by atoms with E-state index in [9.17, 15) is 14.7 Å². The van der Waals surface area contributed by atoms with Crippen LogP contribution in [0.5, 0.6) is 0 Å². The molecule has 7 nitrogen and oxygen atoms in total. The van der Waals surface area contributed by atoms with Gasteiger partial charge in [0.2, 0.25) is 5.78 Å². The van der Waals surface area contributed by atoms with Crippen molar-refractivity contribution in [2.45, 2.75) is 12.5 Å². The zero-order chi connectivity index (χ0) is 21.8. The lowest BCUT2D eigenvalue weighted by Crippen LogP contribution is -3.14. The SMILES string of the molecule is O=C1C(=O)N(CCC[NH+]2CCOCC2)C(c2ccc(Cl)cc2)C1=C([O-])c1ccncc1. The van der Waals surface area contributed by atoms with Crippen molar-refractivity contribution in [2.75, 3.05) is 39.4 Å². The predicted molar refractivity (Wildman–Crippen MR) is 113 cm³/mol. The minimum Gasteiger partial charge on any atom is -0.872 e. The largest absolute Gasteiger partial charge is 0.872 e. The summed E-state index contributed by atoms with van der Waals surface area (Å²) in [5, 5.41) is 13.8. The van der Waals surface area contributed by atoms with Gasteiger partial charge in [-0.3, -0.25) is 14.6 Å². The van der Waals surface area contributed by atoms with Crippen molar-refractivity contribution in [3.8, 4) is 0 Å². The van der Waals surface area contributed by atoms with Gasteiger partial charge in [-0.2, -0.15) is 0 Å². The number of aromatic nitrogens is 1. The summed E-state index contributed by atoms with van der Waals surface area (Å²) in [5.41, 5.74) is 1.02. The summed E-state index contributed by atoms with van der Waals surface area (Å²) in [7, 11) is 0. The number of nitrogens with zero attached hydrogens (tertiary/aromatic N) is 2. The third-order valence-corrected chi connectivity index (χ3v) is 6.04. The van der Waals surface area contributed by atoms with Crippen LogP contribution in [0.1, 0.15) is 23.6 Å². The molecule has 2 fully saturated rings. The van der Waals surface area contributed by atoms with Gasteiger partial charge in [-0.05, 0) is 35.4 Å². The molecule has 0 saturated carbocycles. The van der Waals surface area contributed by atoms with Gasteiger partial charge in [0.05, 0.1) is 25.8 Å². The van der Waals surface area contributed by atoms with Gasteiger partial charge in [-0.25, -0.2) is 0 Å². The van der Waals surface area contributed by atoms with Crippen LogP contribution in [-0.4, -0.2) is 61.0 Å². The van der Waals surface area contributed by atoms with Crippen LogP contribution in [0.3, 0.4) is 0 Å². The quantitative estimate of drug-likeness (QED) is 0.395. The first-order valence-electron chi connectivity index (χ1n) is 10.4. The highest BCUT2D eigenvalue weighted by Crippen LogP contribution is 2.38. The molecule has 31 heavy (non-hydrogen) atoms. The number of rotatable bonds is 6. The molecule has 3 heterocycles. The van der Waals surface area contributed by atoms with E-state index < -0.39 is 23.5 Å². The number of ketones is 1. The van der Waals surface area contributed by atoms with Gasteiger partial charge in [0.25, 0.3) is 5.91 Å². The van der Waals surface area contributed by atoms with E-state index in [2.05, 4.69) is 4.98 Å². The molecule has 0 aliphatic carbocycles. The number of Topliss-reactive ketones (excluding diaryl/α,β-unsaturated/α-hetero) is 1. The van der Waals surface area contributed by atoms with E-state index in [0.29, 0.717) is 22.7 Å². The van der Waals surface area contributed by atoms with Crippen molar-refractivity contribution >= 4 is 29.1 Å². The Morgan fingerprint density at radius 3 is 2.48 bits per heavy atom. The number of quaternary nitrogens is 1. The van der Waals surface area contributed by atoms with Crippen LogP contribution in [0.15, 0.2) is 54.4 Å². The molecule has 1 aromatic heterocycles. The van der Waals surface area contributed by atoms with Crippen LogP contribution in [0.2, 0.25) is 5.02 Å². The zero-order valence-corrected chi connectivity index (χ0v) is 17.8. The molecule has 0 bridgehead atoms. The smallest absolute Gasteiger partial charge is 0.295 e. The van der Waals surface area contributed by atoms with Crippen LogP contribution >= 0.6 is 11.6 Å². The molecule has 4 rings (SSSR count). The molecule has 162 valence electrons. The Morgan fingerprint density at radius 1 is 1.13 bits per heavy atom. The summed E-state index contributed by atoms with van der Waals surface area (Å²) in [6.07, 6.45) is 3.72. The molecule has 2 saturated heterocycles. The minimum atomic E-state index is -0.736. The topological polar surface area (TPSA) is 87.0 Å². The van der Waals surface area contributed by atoms with Crippen molar-refractivity contribution in [1.82, 2.24) is 9.88 Å². The fraction of sp³-hybridized carbons (Fsp3) is 0.348. The first-order valence-corrected chi connectivity index (χ1v) is 10.8. The van der Waals surface area contributed by atoms with Gasteiger partial charge in [-0.15, -0.1) is 0 Å². The maximum Gasteiger partial charge on any atom is 0.295 e. The van der Waals surface area contributed by atoms with Gasteiger partial charge in [0.15, 0.2) is 0 Å². The Kier molecular flexibility index (Phi) is 6.65. The predicted octanol–water partition coefficient (Wildman–Crippen LogP) is 0.264. The maximum absolute atomic E-state index is 13.2. The summed E-state index contributed by atoms with van der Waals surface area (Å²) >= 11 is 6.04. The fourth-order valence-electron chi connectivity index (χ4n) is 4.16. The van der Waals surface area contributed by atoms with E-state index in [0.717, 1.165) is 39.3 Å². The molecular weight excluding hydrogens is 418 g/mol. The molecule has 2 aliphatic rings. The second-order valence-corrected chi connectivity index (χ2v) is 8.16. The molecule has 0 spiro atoms. The number of likely N-dealkylation sites (tertiary alicyclic amines) is 1. The summed E-state index contributed by atoms with van der Waals surface area (Å²) in [6, 6.07) is 9.31. The Hall–Kier alpha value is -2.74. The lowest BCUT2D eigenvalue weighted by molar-refractivity contribution is -0.908. The zero-order valence-electron chi connectivity index (χ0n) is 17.1. The van der Waals surface area contributed by atoms with E-state index in [-0.39, 0.29) is 5.57 Å². The Labute approximate surface area is 185 Å². The van der Waals surface area contributed by atoms with Crippen molar-refractivity contribution in [3.63, 3.8) is 0 Å². The van der Waals surface area contributed by atoms with Crippen LogP contribution in [0.25, 0.3) is 5.76 Å². The van der Waals surface area contributed by atoms with Crippen molar-refractivity contribution in [1.29, 1.82) is 0 Å². The average Bonchev–Trinajstić information content (AvgIpc) is 3.05. The van der Waals surface area contributed by atoms with Gasteiger partial charge in [0, 0.05) is 36.0 Å². The molecule has 1 aromatic carbocycles. The van der Waals surface area contributed by atoms with Gasteiger partial charge >= 0.3 is 0 Å². The van der Waals surface area contributed by atoms with E-state index in [4.69, 9.17) is 16.3 Å². The Balaban J connectivity index is 1.65. The normalized spacial score (nSPS) is 21.6. The van der Waals surface area contributed by atoms with Crippen molar-refractivity contribution in [3.05, 3.63) is 70.5 Å². The van der Waals surface area contributed by atoms with Crippen LogP contribution < -0.4 is 10.0 Å². The molecule has 2 aromatic rings. The number of hydrogen-bond acceptors (Lipinski definition) is 5. The van der Waals surface area contributed by atoms with Crippen molar-refractivity contribution in [2.24, 2.45) is 0 Å². The number of pyridine rings is 1. The monoisotopic (exact) mass is 441 g/mol.